The zero-order chi connectivity index (χ0) is 11.0. The molecular formula is C12H13NS2. The number of rotatable bonds is 1. The molecule has 1 nitrogen and oxygen atoms in total. The van der Waals surface area contributed by atoms with Gasteiger partial charge in [-0.05, 0) is 45.1 Å². The highest BCUT2D eigenvalue weighted by Crippen LogP contribution is 2.22. The molecule has 0 saturated carbocycles. The molecule has 0 N–H and O–H groups in total. The van der Waals surface area contributed by atoms with Gasteiger partial charge in [-0.25, -0.2) is 0 Å². The molecule has 0 unspecified atom stereocenters. The van der Waals surface area contributed by atoms with Crippen molar-refractivity contribution in [3.8, 4) is 5.69 Å². The van der Waals surface area contributed by atoms with Crippen LogP contribution in [-0.2, 0) is 0 Å². The third kappa shape index (κ3) is 1.90. The first kappa shape index (κ1) is 10.6. The van der Waals surface area contributed by atoms with Crippen molar-refractivity contribution in [2.24, 2.45) is 0 Å². The molecule has 2 rings (SSSR count). The number of aryl methyl sites for hydroxylation is 2. The molecule has 0 aliphatic carbocycles. The van der Waals surface area contributed by atoms with E-state index in [0.717, 1.165) is 9.64 Å². The molecule has 0 spiro atoms. The van der Waals surface area contributed by atoms with Gasteiger partial charge in [0.1, 0.15) is 0 Å². The van der Waals surface area contributed by atoms with E-state index >= 15 is 0 Å². The monoisotopic (exact) mass is 235 g/mol. The summed E-state index contributed by atoms with van der Waals surface area (Å²) in [6, 6.07) is 8.46. The summed E-state index contributed by atoms with van der Waals surface area (Å²) in [4.78, 5) is 1.29. The Balaban J connectivity index is 2.64. The summed E-state index contributed by atoms with van der Waals surface area (Å²) in [5.41, 5.74) is 3.68. The molecule has 1 aromatic carbocycles. The van der Waals surface area contributed by atoms with Crippen molar-refractivity contribution in [3.63, 3.8) is 0 Å². The molecule has 0 fully saturated rings. The van der Waals surface area contributed by atoms with Crippen LogP contribution < -0.4 is 0 Å². The topological polar surface area (TPSA) is 4.93 Å². The minimum Gasteiger partial charge on any atom is -0.296 e. The van der Waals surface area contributed by atoms with E-state index in [1.165, 1.54) is 16.1 Å². The molecule has 78 valence electrons. The van der Waals surface area contributed by atoms with Gasteiger partial charge in [0.2, 0.25) is 0 Å². The van der Waals surface area contributed by atoms with Crippen molar-refractivity contribution < 1.29 is 0 Å². The minimum absolute atomic E-state index is 0.925. The molecule has 0 saturated heterocycles. The van der Waals surface area contributed by atoms with Gasteiger partial charge < -0.3 is 0 Å². The number of thiazole rings is 1. The molecule has 0 atom stereocenters. The quantitative estimate of drug-likeness (QED) is 0.671. The minimum atomic E-state index is 0.925. The number of hydrogen-bond acceptors (Lipinski definition) is 2. The molecule has 0 amide bonds. The van der Waals surface area contributed by atoms with Crippen LogP contribution in [0.4, 0.5) is 0 Å². The zero-order valence-electron chi connectivity index (χ0n) is 9.07. The Morgan fingerprint density at radius 2 is 1.67 bits per heavy atom. The lowest BCUT2D eigenvalue weighted by Crippen LogP contribution is -1.96. The van der Waals surface area contributed by atoms with Crippen molar-refractivity contribution in [1.82, 2.24) is 4.57 Å². The van der Waals surface area contributed by atoms with Crippen LogP contribution in [-0.4, -0.2) is 4.57 Å². The van der Waals surface area contributed by atoms with Gasteiger partial charge >= 0.3 is 0 Å². The van der Waals surface area contributed by atoms with Crippen molar-refractivity contribution >= 4 is 23.6 Å². The first-order valence-electron chi connectivity index (χ1n) is 4.85. The van der Waals surface area contributed by atoms with Crippen LogP contribution in [0, 0.1) is 24.7 Å². The molecule has 0 aliphatic rings. The summed E-state index contributed by atoms with van der Waals surface area (Å²) in [5, 5.41) is 0. The standard InChI is InChI=1S/C12H13NS2/c1-8-4-6-11(7-5-8)13-9(2)10(3)15-12(13)14/h4-7H,1-3H3. The molecular weight excluding hydrogens is 222 g/mol. The average Bonchev–Trinajstić information content (AvgIpc) is 2.44. The van der Waals surface area contributed by atoms with Crippen LogP contribution >= 0.6 is 23.6 Å². The van der Waals surface area contributed by atoms with E-state index in [-0.39, 0.29) is 0 Å². The third-order valence-electron chi connectivity index (χ3n) is 2.56. The molecule has 0 bridgehead atoms. The fourth-order valence-electron chi connectivity index (χ4n) is 1.54. The van der Waals surface area contributed by atoms with E-state index in [1.54, 1.807) is 11.3 Å². The van der Waals surface area contributed by atoms with E-state index in [1.807, 2.05) is 0 Å². The second-order valence-corrected chi connectivity index (χ2v) is 5.53. The van der Waals surface area contributed by atoms with Gasteiger partial charge in [-0.15, -0.1) is 11.3 Å². The van der Waals surface area contributed by atoms with Crippen molar-refractivity contribution in [3.05, 3.63) is 44.4 Å². The first-order chi connectivity index (χ1) is 7.09. The van der Waals surface area contributed by atoms with Crippen LogP contribution in [0.25, 0.3) is 5.69 Å². The predicted molar refractivity (Wildman–Crippen MR) is 68.7 cm³/mol. The average molecular weight is 235 g/mol. The second kappa shape index (κ2) is 3.91. The lowest BCUT2D eigenvalue weighted by atomic mass is 10.2. The molecule has 1 heterocycles. The molecule has 15 heavy (non-hydrogen) atoms. The summed E-state index contributed by atoms with van der Waals surface area (Å²) in [5.74, 6) is 0. The van der Waals surface area contributed by atoms with E-state index < -0.39 is 0 Å². The Morgan fingerprint density at radius 3 is 2.13 bits per heavy atom. The Labute approximate surface area is 99.0 Å². The summed E-state index contributed by atoms with van der Waals surface area (Å²) in [6.45, 7) is 6.32. The molecule has 1 aromatic heterocycles. The summed E-state index contributed by atoms with van der Waals surface area (Å²) >= 11 is 7.03. The van der Waals surface area contributed by atoms with E-state index in [2.05, 4.69) is 49.6 Å². The van der Waals surface area contributed by atoms with Gasteiger partial charge in [-0.1, -0.05) is 17.7 Å². The van der Waals surface area contributed by atoms with Crippen LogP contribution in [0.15, 0.2) is 24.3 Å². The fourth-order valence-corrected chi connectivity index (χ4v) is 2.99. The Morgan fingerprint density at radius 1 is 1.07 bits per heavy atom. The smallest absolute Gasteiger partial charge is 0.166 e. The van der Waals surface area contributed by atoms with Crippen LogP contribution in [0.1, 0.15) is 16.1 Å². The van der Waals surface area contributed by atoms with Crippen molar-refractivity contribution in [1.29, 1.82) is 0 Å². The number of nitrogens with zero attached hydrogens (tertiary/aromatic N) is 1. The summed E-state index contributed by atoms with van der Waals surface area (Å²) < 4.78 is 3.06. The number of benzene rings is 1. The normalized spacial score (nSPS) is 10.6. The highest BCUT2D eigenvalue weighted by atomic mass is 32.1. The molecule has 3 heteroatoms. The van der Waals surface area contributed by atoms with Gasteiger partial charge in [0.25, 0.3) is 0 Å². The number of hydrogen-bond donors (Lipinski definition) is 0. The second-order valence-electron chi connectivity index (χ2n) is 3.68. The largest absolute Gasteiger partial charge is 0.296 e. The van der Waals surface area contributed by atoms with Crippen LogP contribution in [0.3, 0.4) is 0 Å². The van der Waals surface area contributed by atoms with E-state index in [0.29, 0.717) is 0 Å². The van der Waals surface area contributed by atoms with Crippen LogP contribution in [0.5, 0.6) is 0 Å². The van der Waals surface area contributed by atoms with Gasteiger partial charge in [-0.2, -0.15) is 0 Å². The SMILES string of the molecule is Cc1ccc(-n2c(C)c(C)sc2=S)cc1. The van der Waals surface area contributed by atoms with Crippen LogP contribution in [0.2, 0.25) is 0 Å². The maximum Gasteiger partial charge on any atom is 0.166 e. The lowest BCUT2D eigenvalue weighted by Gasteiger charge is -2.06. The van der Waals surface area contributed by atoms with Gasteiger partial charge in [-0.3, -0.25) is 4.57 Å². The predicted octanol–water partition coefficient (Wildman–Crippen LogP) is 4.19. The maximum absolute atomic E-state index is 5.36. The highest BCUT2D eigenvalue weighted by molar-refractivity contribution is 7.73. The van der Waals surface area contributed by atoms with E-state index in [4.69, 9.17) is 12.2 Å². The Kier molecular flexibility index (Phi) is 2.76. The Bertz CT molecular complexity index is 532. The summed E-state index contributed by atoms with van der Waals surface area (Å²) in [6.07, 6.45) is 0. The molecule has 0 radical (unpaired) electrons. The maximum atomic E-state index is 5.36. The fraction of sp³-hybridized carbons (Fsp3) is 0.250. The van der Waals surface area contributed by atoms with Gasteiger partial charge in [0, 0.05) is 16.3 Å². The Hall–Kier alpha value is -0.930. The highest BCUT2D eigenvalue weighted by Gasteiger charge is 2.06. The third-order valence-corrected chi connectivity index (χ3v) is 3.95. The lowest BCUT2D eigenvalue weighted by molar-refractivity contribution is 0.993. The van der Waals surface area contributed by atoms with Gasteiger partial charge in [0.05, 0.1) is 0 Å². The summed E-state index contributed by atoms with van der Waals surface area (Å²) in [7, 11) is 0. The van der Waals surface area contributed by atoms with E-state index in [9.17, 15) is 0 Å². The number of aromatic nitrogens is 1. The van der Waals surface area contributed by atoms with Crippen molar-refractivity contribution in [2.75, 3.05) is 0 Å². The van der Waals surface area contributed by atoms with Crippen molar-refractivity contribution in [2.45, 2.75) is 20.8 Å². The molecule has 2 aromatic rings. The first-order valence-corrected chi connectivity index (χ1v) is 6.08. The zero-order valence-corrected chi connectivity index (χ0v) is 10.7. The molecule has 0 aliphatic heterocycles. The van der Waals surface area contributed by atoms with Gasteiger partial charge in [0.15, 0.2) is 3.95 Å².